The van der Waals surface area contributed by atoms with E-state index in [4.69, 9.17) is 16.3 Å². The molecule has 3 N–H and O–H groups in total. The first kappa shape index (κ1) is 32.8. The van der Waals surface area contributed by atoms with Crippen molar-refractivity contribution < 1.29 is 50.5 Å². The Morgan fingerprint density at radius 1 is 1.05 bits per heavy atom. The van der Waals surface area contributed by atoms with Gasteiger partial charge in [-0.1, -0.05) is 18.5 Å². The number of hydrogen-bond donors (Lipinski definition) is 3. The zero-order chi connectivity index (χ0) is 32.6. The van der Waals surface area contributed by atoms with E-state index in [0.717, 1.165) is 37.4 Å². The van der Waals surface area contributed by atoms with Gasteiger partial charge in [-0.3, -0.25) is 4.79 Å². The molecule has 0 saturated heterocycles. The highest BCUT2D eigenvalue weighted by Gasteiger charge is 2.46. The number of fused-ring (bicyclic) bond motifs is 1. The number of halogens is 8. The molecule has 234 valence electrons. The Balaban J connectivity index is 1.86. The molecular weight excluding hydrogens is 625 g/mol. The number of methoxy groups -OCH3 is 1. The van der Waals surface area contributed by atoms with Crippen LogP contribution in [0.4, 0.5) is 30.7 Å². The summed E-state index contributed by atoms with van der Waals surface area (Å²) in [5, 5.41) is 28.4. The summed E-state index contributed by atoms with van der Waals surface area (Å²) in [5.41, 5.74) is -2.35. The van der Waals surface area contributed by atoms with Crippen molar-refractivity contribution >= 4 is 28.4 Å². The Labute approximate surface area is 249 Å². The molecule has 2 heterocycles. The van der Waals surface area contributed by atoms with E-state index < -0.39 is 65.7 Å². The van der Waals surface area contributed by atoms with Gasteiger partial charge in [0.1, 0.15) is 23.1 Å². The zero-order valence-corrected chi connectivity index (χ0v) is 23.4. The summed E-state index contributed by atoms with van der Waals surface area (Å²) in [6.45, 7) is 1.01. The predicted molar refractivity (Wildman–Crippen MR) is 144 cm³/mol. The Morgan fingerprint density at radius 3 is 2.27 bits per heavy atom. The van der Waals surface area contributed by atoms with Crippen LogP contribution in [0, 0.1) is 5.82 Å². The summed E-state index contributed by atoms with van der Waals surface area (Å²) < 4.78 is 100. The molecule has 0 aliphatic carbocycles. The van der Waals surface area contributed by atoms with E-state index in [-0.39, 0.29) is 38.5 Å². The molecule has 0 saturated carbocycles. The number of carbonyl (C=O) groups is 1. The summed E-state index contributed by atoms with van der Waals surface area (Å²) in [6.07, 6.45) is -13.4. The molecule has 4 rings (SSSR count). The largest absolute Gasteiger partial charge is 0.494 e. The van der Waals surface area contributed by atoms with E-state index >= 15 is 0 Å². The molecule has 16 heteroatoms. The molecule has 3 atom stereocenters. The van der Waals surface area contributed by atoms with Gasteiger partial charge in [-0.25, -0.2) is 9.37 Å². The number of aromatic nitrogens is 3. The lowest BCUT2D eigenvalue weighted by atomic mass is 9.95. The van der Waals surface area contributed by atoms with E-state index in [9.17, 15) is 45.7 Å². The van der Waals surface area contributed by atoms with Gasteiger partial charge < -0.3 is 20.3 Å². The van der Waals surface area contributed by atoms with Crippen LogP contribution in [0.5, 0.6) is 5.75 Å². The number of nitrogens with zero attached hydrogens (tertiary/aromatic N) is 3. The first-order valence-corrected chi connectivity index (χ1v) is 13.0. The van der Waals surface area contributed by atoms with E-state index in [1.54, 1.807) is 0 Å². The highest BCUT2D eigenvalue weighted by Crippen LogP contribution is 2.38. The van der Waals surface area contributed by atoms with Crippen LogP contribution in [0.3, 0.4) is 0 Å². The summed E-state index contributed by atoms with van der Waals surface area (Å²) >= 11 is 6.49. The van der Waals surface area contributed by atoms with Crippen molar-refractivity contribution in [2.75, 3.05) is 13.7 Å². The van der Waals surface area contributed by atoms with E-state index in [2.05, 4.69) is 20.5 Å². The van der Waals surface area contributed by atoms with Gasteiger partial charge in [0.2, 0.25) is 0 Å². The number of aliphatic hydroxyl groups excluding tert-OH is 2. The first-order valence-electron chi connectivity index (χ1n) is 12.6. The van der Waals surface area contributed by atoms with Crippen molar-refractivity contribution in [2.24, 2.45) is 0 Å². The van der Waals surface area contributed by atoms with Crippen molar-refractivity contribution in [3.05, 3.63) is 81.9 Å². The molecular formula is C28H22ClF7N4O4. The minimum atomic E-state index is -5.30. The molecule has 8 nitrogen and oxygen atoms in total. The number of carbonyl (C=O) groups excluding carboxylic acids is 1. The molecule has 3 unspecified atom stereocenters. The van der Waals surface area contributed by atoms with Crippen molar-refractivity contribution in [1.29, 1.82) is 0 Å². The maximum absolute atomic E-state index is 13.9. The third kappa shape index (κ3) is 6.84. The molecule has 0 spiro atoms. The molecule has 0 radical (unpaired) electrons. The summed E-state index contributed by atoms with van der Waals surface area (Å²) in [7, 11) is 1.13. The van der Waals surface area contributed by atoms with Gasteiger partial charge in [0.25, 0.3) is 5.91 Å². The molecule has 2 aromatic heterocycles. The minimum absolute atomic E-state index is 0.0747. The molecule has 0 bridgehead atoms. The summed E-state index contributed by atoms with van der Waals surface area (Å²) in [6, 6.07) is 5.96. The molecule has 44 heavy (non-hydrogen) atoms. The standard InChI is InChI=1S/C28H22ClF7N4O4/c1-12(11-41)17-10-18(37-23(21(17)29)13-3-5-16(30)6-4-13)24(25(42)28(34,35)36)38-26(43)15-7-14-9-20(27(31,32)33)39-40-22(14)19(8-15)44-2/h3-10,12,24-25,41-42H,11H2,1-2H3,(H,38,43). The van der Waals surface area contributed by atoms with Gasteiger partial charge in [-0.15, -0.1) is 10.2 Å². The minimum Gasteiger partial charge on any atom is -0.494 e. The quantitative estimate of drug-likeness (QED) is 0.201. The second kappa shape index (κ2) is 12.5. The lowest BCUT2D eigenvalue weighted by Crippen LogP contribution is -2.44. The van der Waals surface area contributed by atoms with Crippen molar-refractivity contribution in [3.8, 4) is 17.0 Å². The fraction of sp³-hybridized carbons (Fsp3) is 0.286. The zero-order valence-electron chi connectivity index (χ0n) is 22.6. The highest BCUT2D eigenvalue weighted by molar-refractivity contribution is 6.33. The molecule has 4 aromatic rings. The predicted octanol–water partition coefficient (Wildman–Crippen LogP) is 6.00. The van der Waals surface area contributed by atoms with Crippen LogP contribution in [0.2, 0.25) is 5.02 Å². The lowest BCUT2D eigenvalue weighted by Gasteiger charge is -2.27. The first-order chi connectivity index (χ1) is 20.5. The number of nitrogens with one attached hydrogen (secondary N) is 1. The number of rotatable bonds is 8. The van der Waals surface area contributed by atoms with Crippen LogP contribution >= 0.6 is 11.6 Å². The topological polar surface area (TPSA) is 117 Å². The Hall–Kier alpha value is -4.08. The van der Waals surface area contributed by atoms with Gasteiger partial charge in [-0.2, -0.15) is 26.3 Å². The van der Waals surface area contributed by atoms with Crippen LogP contribution in [0.15, 0.2) is 48.5 Å². The van der Waals surface area contributed by atoms with Crippen molar-refractivity contribution in [1.82, 2.24) is 20.5 Å². The third-order valence-corrected chi connectivity index (χ3v) is 7.01. The molecule has 0 aliphatic rings. The average molecular weight is 647 g/mol. The summed E-state index contributed by atoms with van der Waals surface area (Å²) in [4.78, 5) is 17.5. The van der Waals surface area contributed by atoms with Gasteiger partial charge in [0, 0.05) is 29.0 Å². The monoisotopic (exact) mass is 646 g/mol. The Morgan fingerprint density at radius 2 is 1.70 bits per heavy atom. The Bertz CT molecular complexity index is 1680. The van der Waals surface area contributed by atoms with Crippen LogP contribution in [0.1, 0.15) is 46.2 Å². The fourth-order valence-electron chi connectivity index (χ4n) is 4.27. The number of aliphatic hydroxyl groups is 2. The smallest absolute Gasteiger partial charge is 0.435 e. The Kier molecular flexibility index (Phi) is 9.32. The van der Waals surface area contributed by atoms with Gasteiger partial charge in [0.05, 0.1) is 23.5 Å². The van der Waals surface area contributed by atoms with Crippen molar-refractivity contribution in [2.45, 2.75) is 37.3 Å². The number of hydrogen-bond acceptors (Lipinski definition) is 7. The molecule has 2 aromatic carbocycles. The van der Waals surface area contributed by atoms with E-state index in [1.807, 2.05) is 0 Å². The molecule has 0 aliphatic heterocycles. The number of ether oxygens (including phenoxy) is 1. The van der Waals surface area contributed by atoms with Gasteiger partial charge in [0.15, 0.2) is 11.8 Å². The van der Waals surface area contributed by atoms with Crippen molar-refractivity contribution in [3.63, 3.8) is 0 Å². The van der Waals surface area contributed by atoms with Crippen LogP contribution in [0.25, 0.3) is 22.2 Å². The second-order valence-corrected chi connectivity index (χ2v) is 10.0. The average Bonchev–Trinajstić information content (AvgIpc) is 2.97. The van der Waals surface area contributed by atoms with Gasteiger partial charge >= 0.3 is 12.4 Å². The highest BCUT2D eigenvalue weighted by atomic mass is 35.5. The number of pyridine rings is 1. The summed E-state index contributed by atoms with van der Waals surface area (Å²) in [5.74, 6) is -2.83. The number of amides is 1. The lowest BCUT2D eigenvalue weighted by molar-refractivity contribution is -0.212. The normalized spacial score (nSPS) is 14.3. The van der Waals surface area contributed by atoms with E-state index in [1.165, 1.54) is 19.1 Å². The fourth-order valence-corrected chi connectivity index (χ4v) is 4.66. The van der Waals surface area contributed by atoms with Crippen LogP contribution in [-0.2, 0) is 6.18 Å². The van der Waals surface area contributed by atoms with Gasteiger partial charge in [-0.05, 0) is 54.1 Å². The van der Waals surface area contributed by atoms with Crippen LogP contribution in [-0.4, -0.2) is 57.3 Å². The maximum atomic E-state index is 13.9. The molecule has 1 amide bonds. The third-order valence-electron chi connectivity index (χ3n) is 6.61. The SMILES string of the molecule is COc1cc(C(=O)NC(c2cc(C(C)CO)c(Cl)c(-c3ccc(F)cc3)n2)C(O)C(F)(F)F)cc2cc(C(F)(F)F)nnc12. The second-order valence-electron chi connectivity index (χ2n) is 9.67. The van der Waals surface area contributed by atoms with Crippen LogP contribution < -0.4 is 10.1 Å². The molecule has 0 fully saturated rings. The maximum Gasteiger partial charge on any atom is 0.435 e. The van der Waals surface area contributed by atoms with E-state index in [0.29, 0.717) is 6.07 Å². The number of benzene rings is 2. The number of alkyl halides is 6.